The zero-order valence-electron chi connectivity index (χ0n) is 12.6. The minimum absolute atomic E-state index is 0.00757. The van der Waals surface area contributed by atoms with Gasteiger partial charge in [-0.1, -0.05) is 40.9 Å². The van der Waals surface area contributed by atoms with Crippen LogP contribution in [0.4, 0.5) is 0 Å². The van der Waals surface area contributed by atoms with E-state index in [1.807, 2.05) is 12.1 Å². The highest BCUT2D eigenvalue weighted by atomic mass is 35.5. The lowest BCUT2D eigenvalue weighted by Crippen LogP contribution is -2.48. The molecule has 130 valence electrons. The number of rotatable bonds is 4. The van der Waals surface area contributed by atoms with Crippen molar-refractivity contribution >= 4 is 56.2 Å². The molecule has 0 amide bonds. The van der Waals surface area contributed by atoms with Crippen LogP contribution in [0.3, 0.4) is 0 Å². The number of halogens is 3. The average molecular weight is 426 g/mol. The van der Waals surface area contributed by atoms with Gasteiger partial charge in [0.25, 0.3) is 0 Å². The smallest absolute Gasteiger partial charge is 0.246 e. The summed E-state index contributed by atoms with van der Waals surface area (Å²) in [6.07, 6.45) is 0. The Morgan fingerprint density at radius 2 is 1.58 bits per heavy atom. The highest BCUT2D eigenvalue weighted by Gasteiger charge is 2.31. The molecule has 0 saturated carbocycles. The Bertz CT molecular complexity index is 811. The molecule has 0 atom stereocenters. The molecule has 1 saturated heterocycles. The second-order valence-corrected chi connectivity index (χ2v) is 9.93. The Hall–Kier alpha value is -0.340. The largest absolute Gasteiger partial charge is 0.296 e. The molecule has 0 N–H and O–H groups in total. The molecule has 1 fully saturated rings. The van der Waals surface area contributed by atoms with Crippen LogP contribution in [-0.2, 0) is 16.6 Å². The first-order valence-corrected chi connectivity index (χ1v) is 10.7. The van der Waals surface area contributed by atoms with Crippen molar-refractivity contribution < 1.29 is 8.42 Å². The summed E-state index contributed by atoms with van der Waals surface area (Å²) in [7, 11) is -3.69. The van der Waals surface area contributed by atoms with E-state index in [1.54, 1.807) is 17.4 Å². The monoisotopic (exact) mass is 424 g/mol. The van der Waals surface area contributed by atoms with Crippen molar-refractivity contribution in [3.05, 3.63) is 49.6 Å². The first-order chi connectivity index (χ1) is 11.4. The maximum Gasteiger partial charge on any atom is 0.246 e. The minimum atomic E-state index is -3.69. The molecular weight excluding hydrogens is 411 g/mol. The van der Waals surface area contributed by atoms with Crippen LogP contribution in [-0.4, -0.2) is 43.8 Å². The Morgan fingerprint density at radius 1 is 0.958 bits per heavy atom. The van der Waals surface area contributed by atoms with Crippen molar-refractivity contribution in [2.75, 3.05) is 26.2 Å². The molecule has 0 unspecified atom stereocenters. The third-order valence-corrected chi connectivity index (χ3v) is 7.93. The van der Waals surface area contributed by atoms with Crippen LogP contribution >= 0.6 is 46.1 Å². The van der Waals surface area contributed by atoms with Crippen LogP contribution in [0.2, 0.25) is 14.4 Å². The molecule has 2 heterocycles. The predicted molar refractivity (Wildman–Crippen MR) is 99.8 cm³/mol. The van der Waals surface area contributed by atoms with E-state index in [1.165, 1.54) is 21.3 Å². The Morgan fingerprint density at radius 3 is 2.12 bits per heavy atom. The molecule has 1 aliphatic rings. The second kappa shape index (κ2) is 7.50. The topological polar surface area (TPSA) is 40.6 Å². The molecule has 1 aromatic carbocycles. The fourth-order valence-corrected chi connectivity index (χ4v) is 6.29. The number of benzene rings is 1. The van der Waals surface area contributed by atoms with Gasteiger partial charge in [-0.25, -0.2) is 8.42 Å². The van der Waals surface area contributed by atoms with E-state index in [4.69, 9.17) is 34.8 Å². The molecule has 1 aromatic heterocycles. The summed E-state index contributed by atoms with van der Waals surface area (Å²) in [5, 5.41) is 0.302. The number of nitrogens with zero attached hydrogens (tertiary/aromatic N) is 2. The van der Waals surface area contributed by atoms with E-state index in [9.17, 15) is 8.42 Å². The quantitative estimate of drug-likeness (QED) is 0.736. The van der Waals surface area contributed by atoms with Gasteiger partial charge in [0.1, 0.15) is 4.90 Å². The van der Waals surface area contributed by atoms with Gasteiger partial charge in [0, 0.05) is 37.6 Å². The van der Waals surface area contributed by atoms with E-state index in [-0.39, 0.29) is 14.9 Å². The third-order valence-electron chi connectivity index (χ3n) is 3.86. The summed E-state index contributed by atoms with van der Waals surface area (Å²) in [6, 6.07) is 8.59. The molecule has 0 spiro atoms. The first kappa shape index (κ1) is 18.5. The summed E-state index contributed by atoms with van der Waals surface area (Å²) in [5.41, 5.74) is 0. The van der Waals surface area contributed by atoms with Gasteiger partial charge in [-0.15, -0.1) is 11.3 Å². The normalized spacial score (nSPS) is 17.3. The number of hydrogen-bond acceptors (Lipinski definition) is 4. The van der Waals surface area contributed by atoms with Crippen LogP contribution in [0.5, 0.6) is 0 Å². The fourth-order valence-electron chi connectivity index (χ4n) is 2.64. The van der Waals surface area contributed by atoms with Gasteiger partial charge < -0.3 is 0 Å². The first-order valence-electron chi connectivity index (χ1n) is 7.28. The summed E-state index contributed by atoms with van der Waals surface area (Å²) in [6.45, 7) is 2.89. The maximum atomic E-state index is 12.8. The van der Waals surface area contributed by atoms with E-state index in [0.717, 1.165) is 10.9 Å². The average Bonchev–Trinajstić information content (AvgIpc) is 2.92. The van der Waals surface area contributed by atoms with Crippen molar-refractivity contribution in [3.8, 4) is 0 Å². The summed E-state index contributed by atoms with van der Waals surface area (Å²) in [5.74, 6) is 0. The molecule has 4 nitrogen and oxygen atoms in total. The SMILES string of the molecule is O=S(=O)(c1c(Cl)cccc1Cl)N1CCN(Cc2ccc(Cl)s2)CC1. The molecule has 9 heteroatoms. The molecule has 24 heavy (non-hydrogen) atoms. The van der Waals surface area contributed by atoms with Gasteiger partial charge in [-0.2, -0.15) is 4.31 Å². The molecule has 0 bridgehead atoms. The van der Waals surface area contributed by atoms with Gasteiger partial charge in [-0.3, -0.25) is 4.90 Å². The van der Waals surface area contributed by atoms with Gasteiger partial charge in [0.05, 0.1) is 14.4 Å². The van der Waals surface area contributed by atoms with Crippen LogP contribution < -0.4 is 0 Å². The highest BCUT2D eigenvalue weighted by molar-refractivity contribution is 7.89. The molecule has 1 aliphatic heterocycles. The second-order valence-electron chi connectivity index (χ2n) is 5.44. The van der Waals surface area contributed by atoms with Crippen LogP contribution in [0.25, 0.3) is 0 Å². The number of sulfonamides is 1. The maximum absolute atomic E-state index is 12.8. The van der Waals surface area contributed by atoms with Gasteiger partial charge in [0.15, 0.2) is 0 Å². The number of thiophene rings is 1. The predicted octanol–water partition coefficient (Wildman–Crippen LogP) is 4.21. The highest BCUT2D eigenvalue weighted by Crippen LogP contribution is 2.32. The standard InChI is InChI=1S/C15H15Cl3N2O2S2/c16-12-2-1-3-13(17)15(12)24(21,22)20-8-6-19(7-9-20)10-11-4-5-14(18)23-11/h1-5H,6-10H2. The lowest BCUT2D eigenvalue weighted by molar-refractivity contribution is 0.183. The summed E-state index contributed by atoms with van der Waals surface area (Å²) >= 11 is 19.6. The van der Waals surface area contributed by atoms with Crippen molar-refractivity contribution in [1.82, 2.24) is 9.21 Å². The molecular formula is C15H15Cl3N2O2S2. The van der Waals surface area contributed by atoms with Crippen molar-refractivity contribution in [3.63, 3.8) is 0 Å². The van der Waals surface area contributed by atoms with Crippen molar-refractivity contribution in [2.24, 2.45) is 0 Å². The Kier molecular flexibility index (Phi) is 5.76. The van der Waals surface area contributed by atoms with Crippen molar-refractivity contribution in [2.45, 2.75) is 11.4 Å². The Labute approximate surface area is 160 Å². The summed E-state index contributed by atoms with van der Waals surface area (Å²) < 4.78 is 27.8. The molecule has 3 rings (SSSR count). The zero-order valence-corrected chi connectivity index (χ0v) is 16.5. The number of piperazine rings is 1. The molecule has 2 aromatic rings. The zero-order chi connectivity index (χ0) is 17.3. The Balaban J connectivity index is 1.69. The van der Waals surface area contributed by atoms with E-state index < -0.39 is 10.0 Å². The minimum Gasteiger partial charge on any atom is -0.296 e. The third kappa shape index (κ3) is 3.90. The number of hydrogen-bond donors (Lipinski definition) is 0. The fraction of sp³-hybridized carbons (Fsp3) is 0.333. The van der Waals surface area contributed by atoms with Gasteiger partial charge in [0.2, 0.25) is 10.0 Å². The van der Waals surface area contributed by atoms with E-state index in [2.05, 4.69) is 4.90 Å². The van der Waals surface area contributed by atoms with Crippen LogP contribution in [0.15, 0.2) is 35.2 Å². The van der Waals surface area contributed by atoms with E-state index in [0.29, 0.717) is 26.2 Å². The molecule has 0 radical (unpaired) electrons. The lowest BCUT2D eigenvalue weighted by Gasteiger charge is -2.34. The molecule has 0 aliphatic carbocycles. The van der Waals surface area contributed by atoms with Gasteiger partial charge in [-0.05, 0) is 24.3 Å². The van der Waals surface area contributed by atoms with Crippen LogP contribution in [0, 0.1) is 0 Å². The van der Waals surface area contributed by atoms with E-state index >= 15 is 0 Å². The summed E-state index contributed by atoms with van der Waals surface area (Å²) in [4.78, 5) is 3.37. The van der Waals surface area contributed by atoms with Crippen LogP contribution in [0.1, 0.15) is 4.88 Å². The van der Waals surface area contributed by atoms with Crippen molar-refractivity contribution in [1.29, 1.82) is 0 Å². The lowest BCUT2D eigenvalue weighted by atomic mass is 10.3. The van der Waals surface area contributed by atoms with Gasteiger partial charge >= 0.3 is 0 Å².